The highest BCUT2D eigenvalue weighted by atomic mass is 32.2. The summed E-state index contributed by atoms with van der Waals surface area (Å²) in [7, 11) is 0. The molecule has 3 aromatic carbocycles. The summed E-state index contributed by atoms with van der Waals surface area (Å²) in [5.41, 5.74) is 2.84. The molecule has 0 spiro atoms. The largest absolute Gasteiger partial charge is 0.344 e. The Morgan fingerprint density at radius 1 is 0.712 bits per heavy atom. The zero-order chi connectivity index (χ0) is 36.3. The minimum Gasteiger partial charge on any atom is -0.344 e. The molecule has 6 rings (SSSR count). The van der Waals surface area contributed by atoms with E-state index in [0.29, 0.717) is 51.5 Å². The average molecular weight is 720 g/mol. The lowest BCUT2D eigenvalue weighted by Crippen LogP contribution is -2.55. The lowest BCUT2D eigenvalue weighted by Gasteiger charge is -2.38. The Morgan fingerprint density at radius 3 is 1.85 bits per heavy atom. The van der Waals surface area contributed by atoms with Crippen LogP contribution >= 0.6 is 11.8 Å². The summed E-state index contributed by atoms with van der Waals surface area (Å²) in [4.78, 5) is 59.5. The van der Waals surface area contributed by atoms with Crippen LogP contribution in [0.2, 0.25) is 0 Å². The number of nitrogens with zero attached hydrogens (tertiary/aromatic N) is 3. The van der Waals surface area contributed by atoms with Crippen molar-refractivity contribution in [3.63, 3.8) is 0 Å². The van der Waals surface area contributed by atoms with E-state index in [4.69, 9.17) is 0 Å². The lowest BCUT2D eigenvalue weighted by atomic mass is 9.86. The summed E-state index contributed by atoms with van der Waals surface area (Å²) in [6.07, 6.45) is 6.96. The van der Waals surface area contributed by atoms with Gasteiger partial charge < -0.3 is 20.4 Å². The van der Waals surface area contributed by atoms with Crippen LogP contribution in [0.15, 0.2) is 91.0 Å². The number of thioether (sulfide) groups is 1. The maximum Gasteiger partial charge on any atom is 0.249 e. The first-order valence-electron chi connectivity index (χ1n) is 18.8. The molecule has 6 atom stereocenters. The fraction of sp³-hybridized carbons (Fsp3) is 0.452. The lowest BCUT2D eigenvalue weighted by molar-refractivity contribution is -0.140. The molecule has 3 aliphatic rings. The standard InChI is InChI=1S/C42H49N5O4S/c43-29-35-19-12-21-38-47(35)42(51)37(24-26-52-38)45-40(49)33(28-31-15-6-2-7-16-31)23-22-32(27-30-13-4-1-5-14-30)39(48)44-36-20-10-11-25-46(41(36)50)34-17-8-3-9-18-34/h1-9,13-18,32-33,35-38H,10-12,19-28H2,(H,44,48)(H,45,49). The summed E-state index contributed by atoms with van der Waals surface area (Å²) in [6, 6.07) is 29.8. The first kappa shape index (κ1) is 37.1. The van der Waals surface area contributed by atoms with Gasteiger partial charge in [-0.25, -0.2) is 0 Å². The topological polar surface area (TPSA) is 123 Å². The molecule has 10 heteroatoms. The minimum atomic E-state index is -0.700. The van der Waals surface area contributed by atoms with E-state index in [2.05, 4.69) is 16.7 Å². The fourth-order valence-corrected chi connectivity index (χ4v) is 9.17. The summed E-state index contributed by atoms with van der Waals surface area (Å²) in [5.74, 6) is -0.923. The van der Waals surface area contributed by atoms with Crippen molar-refractivity contribution in [3.05, 3.63) is 102 Å². The first-order valence-corrected chi connectivity index (χ1v) is 19.8. The van der Waals surface area contributed by atoms with Gasteiger partial charge in [0.15, 0.2) is 0 Å². The Balaban J connectivity index is 1.19. The van der Waals surface area contributed by atoms with Crippen LogP contribution in [-0.2, 0) is 32.0 Å². The molecule has 0 saturated carbocycles. The molecule has 2 N–H and O–H groups in total. The predicted molar refractivity (Wildman–Crippen MR) is 204 cm³/mol. The van der Waals surface area contributed by atoms with Crippen molar-refractivity contribution in [2.24, 2.45) is 11.8 Å². The van der Waals surface area contributed by atoms with Crippen LogP contribution in [-0.4, -0.2) is 64.3 Å². The van der Waals surface area contributed by atoms with Crippen molar-refractivity contribution in [2.45, 2.75) is 94.1 Å². The number of fused-ring (bicyclic) bond motifs is 1. The molecule has 0 aliphatic carbocycles. The Kier molecular flexibility index (Phi) is 13.0. The van der Waals surface area contributed by atoms with Gasteiger partial charge in [-0.3, -0.25) is 19.2 Å². The third kappa shape index (κ3) is 9.43. The van der Waals surface area contributed by atoms with E-state index in [1.807, 2.05) is 91.0 Å². The number of carbonyl (C=O) groups excluding carboxylic acids is 4. The van der Waals surface area contributed by atoms with E-state index in [1.54, 1.807) is 21.6 Å². The SMILES string of the molecule is N#CC1CCCC2SCCC(NC(=O)C(CCC(Cc3ccccc3)C(=O)NC3CCCCN(c4ccccc4)C3=O)Cc3ccccc3)C(=O)N12. The van der Waals surface area contributed by atoms with E-state index in [9.17, 15) is 24.4 Å². The van der Waals surface area contributed by atoms with Crippen LogP contribution in [0, 0.1) is 23.2 Å². The number of anilines is 1. The van der Waals surface area contributed by atoms with Crippen molar-refractivity contribution >= 4 is 41.1 Å². The normalized spacial score (nSPS) is 23.3. The fourth-order valence-electron chi connectivity index (χ4n) is 7.78. The molecule has 0 radical (unpaired) electrons. The van der Waals surface area contributed by atoms with Crippen LogP contribution in [0.3, 0.4) is 0 Å². The summed E-state index contributed by atoms with van der Waals surface area (Å²) >= 11 is 1.70. The van der Waals surface area contributed by atoms with Gasteiger partial charge in [0.1, 0.15) is 18.1 Å². The van der Waals surface area contributed by atoms with E-state index in [0.717, 1.165) is 48.3 Å². The molecular weight excluding hydrogens is 671 g/mol. The number of hydrogen-bond acceptors (Lipinski definition) is 6. The quantitative estimate of drug-likeness (QED) is 0.236. The highest BCUT2D eigenvalue weighted by Gasteiger charge is 2.41. The highest BCUT2D eigenvalue weighted by molar-refractivity contribution is 7.99. The third-order valence-corrected chi connectivity index (χ3v) is 12.0. The molecule has 3 fully saturated rings. The average Bonchev–Trinajstić information content (AvgIpc) is 3.46. The molecule has 52 heavy (non-hydrogen) atoms. The van der Waals surface area contributed by atoms with Crippen molar-refractivity contribution in [1.82, 2.24) is 15.5 Å². The van der Waals surface area contributed by atoms with E-state index in [1.165, 1.54) is 0 Å². The molecule has 3 heterocycles. The maximum absolute atomic E-state index is 14.2. The number of nitriles is 1. The second-order valence-corrected chi connectivity index (χ2v) is 15.5. The van der Waals surface area contributed by atoms with Crippen LogP contribution < -0.4 is 15.5 Å². The van der Waals surface area contributed by atoms with Gasteiger partial charge in [0.05, 0.1) is 11.4 Å². The number of nitrogens with one attached hydrogen (secondary N) is 2. The maximum atomic E-state index is 14.2. The molecular formula is C42H49N5O4S. The first-order chi connectivity index (χ1) is 25.4. The van der Waals surface area contributed by atoms with Crippen LogP contribution in [0.5, 0.6) is 0 Å². The Bertz CT molecular complexity index is 1700. The number of para-hydroxylation sites is 1. The van der Waals surface area contributed by atoms with Gasteiger partial charge >= 0.3 is 0 Å². The van der Waals surface area contributed by atoms with Crippen LogP contribution in [0.1, 0.15) is 68.9 Å². The van der Waals surface area contributed by atoms with Crippen LogP contribution in [0.25, 0.3) is 0 Å². The van der Waals surface area contributed by atoms with Gasteiger partial charge in [0, 0.05) is 24.1 Å². The molecule has 0 bridgehead atoms. The predicted octanol–water partition coefficient (Wildman–Crippen LogP) is 6.04. The van der Waals surface area contributed by atoms with Gasteiger partial charge in [-0.05, 0) is 99.6 Å². The number of piperidine rings is 1. The van der Waals surface area contributed by atoms with Gasteiger partial charge in [0.2, 0.25) is 23.6 Å². The second-order valence-electron chi connectivity index (χ2n) is 14.2. The smallest absolute Gasteiger partial charge is 0.249 e. The van der Waals surface area contributed by atoms with Gasteiger partial charge in [-0.1, -0.05) is 78.9 Å². The molecule has 3 saturated heterocycles. The molecule has 272 valence electrons. The van der Waals surface area contributed by atoms with Gasteiger partial charge in [0.25, 0.3) is 0 Å². The Morgan fingerprint density at radius 2 is 1.27 bits per heavy atom. The monoisotopic (exact) mass is 719 g/mol. The molecule has 9 nitrogen and oxygen atoms in total. The van der Waals surface area contributed by atoms with Crippen molar-refractivity contribution in [2.75, 3.05) is 17.2 Å². The Hall–Kier alpha value is -4.62. The second kappa shape index (κ2) is 18.2. The molecule has 6 unspecified atom stereocenters. The minimum absolute atomic E-state index is 0.0368. The van der Waals surface area contributed by atoms with Crippen molar-refractivity contribution in [1.29, 1.82) is 5.26 Å². The zero-order valence-electron chi connectivity index (χ0n) is 29.7. The zero-order valence-corrected chi connectivity index (χ0v) is 30.5. The van der Waals surface area contributed by atoms with E-state index in [-0.39, 0.29) is 29.0 Å². The molecule has 0 aromatic heterocycles. The number of amides is 4. The van der Waals surface area contributed by atoms with Crippen molar-refractivity contribution < 1.29 is 19.2 Å². The number of carbonyl (C=O) groups is 4. The number of rotatable bonds is 12. The number of benzene rings is 3. The third-order valence-electron chi connectivity index (χ3n) is 10.6. The Labute approximate surface area is 311 Å². The molecule has 3 aromatic rings. The summed E-state index contributed by atoms with van der Waals surface area (Å²) < 4.78 is 0. The molecule has 4 amide bonds. The van der Waals surface area contributed by atoms with Crippen molar-refractivity contribution in [3.8, 4) is 6.07 Å². The van der Waals surface area contributed by atoms with E-state index >= 15 is 0 Å². The van der Waals surface area contributed by atoms with Crippen LogP contribution in [0.4, 0.5) is 5.69 Å². The molecule has 3 aliphatic heterocycles. The summed E-state index contributed by atoms with van der Waals surface area (Å²) in [6.45, 7) is 0.608. The van der Waals surface area contributed by atoms with Gasteiger partial charge in [-0.15, -0.1) is 11.8 Å². The van der Waals surface area contributed by atoms with E-state index < -0.39 is 30.0 Å². The number of hydrogen-bond donors (Lipinski definition) is 2. The highest BCUT2D eigenvalue weighted by Crippen LogP contribution is 2.34. The summed E-state index contributed by atoms with van der Waals surface area (Å²) in [5, 5.41) is 16.0. The van der Waals surface area contributed by atoms with Gasteiger partial charge in [-0.2, -0.15) is 5.26 Å².